The molecule has 1 amide bonds. The molecule has 2 N–H and O–H groups in total. The fourth-order valence-electron chi connectivity index (χ4n) is 2.65. The van der Waals surface area contributed by atoms with Crippen molar-refractivity contribution in [1.82, 2.24) is 10.2 Å². The van der Waals surface area contributed by atoms with Gasteiger partial charge in [0.05, 0.1) is 11.3 Å². The van der Waals surface area contributed by atoms with Crippen molar-refractivity contribution in [2.24, 2.45) is 0 Å². The summed E-state index contributed by atoms with van der Waals surface area (Å²) < 4.78 is 0.904. The lowest BCUT2D eigenvalue weighted by molar-refractivity contribution is -0.113. The first-order valence-electron chi connectivity index (χ1n) is 8.74. The molecule has 0 saturated heterocycles. The molecule has 0 fully saturated rings. The Bertz CT molecular complexity index is 1200. The number of carbonyl (C=O) groups is 3. The Kier molecular flexibility index (Phi) is 5.64. The minimum absolute atomic E-state index is 0.138. The first kappa shape index (κ1) is 19.9. The molecule has 0 aliphatic heterocycles. The maximum Gasteiger partial charge on any atom is 0.257 e. The number of anilines is 2. The van der Waals surface area contributed by atoms with E-state index in [-0.39, 0.29) is 38.9 Å². The molecule has 30 heavy (non-hydrogen) atoms. The zero-order valence-electron chi connectivity index (χ0n) is 15.3. The van der Waals surface area contributed by atoms with Crippen LogP contribution in [0.4, 0.5) is 10.8 Å². The molecule has 148 valence electrons. The number of hydrogen-bond donors (Lipinski definition) is 2. The number of halogens is 1. The van der Waals surface area contributed by atoms with Gasteiger partial charge in [0.2, 0.25) is 10.9 Å². The van der Waals surface area contributed by atoms with Gasteiger partial charge in [-0.25, -0.2) is 0 Å². The molecule has 0 spiro atoms. The highest BCUT2D eigenvalue weighted by molar-refractivity contribution is 9.10. The minimum Gasteiger partial charge on any atom is -0.352 e. The van der Waals surface area contributed by atoms with Gasteiger partial charge in [-0.15, -0.1) is 10.2 Å². The Morgan fingerprint density at radius 3 is 2.37 bits per heavy atom. The highest BCUT2D eigenvalue weighted by Gasteiger charge is 2.24. The molecule has 1 aliphatic rings. The quantitative estimate of drug-likeness (QED) is 0.533. The summed E-state index contributed by atoms with van der Waals surface area (Å²) >= 11 is 4.37. The van der Waals surface area contributed by atoms with E-state index < -0.39 is 0 Å². The van der Waals surface area contributed by atoms with E-state index in [1.54, 1.807) is 36.4 Å². The largest absolute Gasteiger partial charge is 0.352 e. The fourth-order valence-corrected chi connectivity index (χ4v) is 3.68. The van der Waals surface area contributed by atoms with Gasteiger partial charge < -0.3 is 5.32 Å². The fraction of sp³-hybridized carbons (Fsp3) is 0. The van der Waals surface area contributed by atoms with E-state index in [1.807, 2.05) is 18.2 Å². The summed E-state index contributed by atoms with van der Waals surface area (Å²) in [7, 11) is 0. The Morgan fingerprint density at radius 1 is 0.900 bits per heavy atom. The molecule has 1 aliphatic carbocycles. The Balaban J connectivity index is 1.48. The molecule has 0 saturated carbocycles. The van der Waals surface area contributed by atoms with Crippen LogP contribution in [-0.2, 0) is 9.59 Å². The van der Waals surface area contributed by atoms with Crippen molar-refractivity contribution in [3.8, 4) is 0 Å². The number of benzene rings is 2. The Hall–Kier alpha value is -3.43. The van der Waals surface area contributed by atoms with E-state index in [1.165, 1.54) is 12.2 Å². The van der Waals surface area contributed by atoms with Crippen molar-refractivity contribution in [3.63, 3.8) is 0 Å². The minimum atomic E-state index is -0.369. The SMILES string of the molecule is O=C1C=C(c2nnc(NC(=O)c3ccccc3)s2)C(=O)C=C1Nc1ccc(Br)cc1. The maximum absolute atomic E-state index is 12.6. The average Bonchev–Trinajstić information content (AvgIpc) is 3.21. The standard InChI is InChI=1S/C21H13BrN4O3S/c22-13-6-8-14(9-7-13)23-16-11-17(27)15(10-18(16)28)20-25-26-21(30-20)24-19(29)12-4-2-1-3-5-12/h1-11,23H,(H,24,26,29). The second kappa shape index (κ2) is 8.52. The van der Waals surface area contributed by atoms with Gasteiger partial charge in [0, 0.05) is 27.9 Å². The molecular weight excluding hydrogens is 468 g/mol. The lowest BCUT2D eigenvalue weighted by Gasteiger charge is -2.12. The third-order valence-electron chi connectivity index (χ3n) is 4.12. The van der Waals surface area contributed by atoms with Crippen LogP contribution in [0.1, 0.15) is 15.4 Å². The molecule has 3 aromatic rings. The van der Waals surface area contributed by atoms with Gasteiger partial charge in [0.1, 0.15) is 0 Å². The lowest BCUT2D eigenvalue weighted by Crippen LogP contribution is -2.17. The number of nitrogens with zero attached hydrogens (tertiary/aromatic N) is 2. The van der Waals surface area contributed by atoms with Crippen LogP contribution in [-0.4, -0.2) is 27.7 Å². The van der Waals surface area contributed by atoms with Crippen LogP contribution in [0.25, 0.3) is 5.57 Å². The van der Waals surface area contributed by atoms with E-state index in [2.05, 4.69) is 36.8 Å². The second-order valence-corrected chi connectivity index (χ2v) is 8.10. The zero-order chi connectivity index (χ0) is 21.1. The summed E-state index contributed by atoms with van der Waals surface area (Å²) in [5.41, 5.74) is 1.47. The first-order valence-corrected chi connectivity index (χ1v) is 10.4. The highest BCUT2D eigenvalue weighted by Crippen LogP contribution is 2.28. The van der Waals surface area contributed by atoms with Gasteiger partial charge in [-0.3, -0.25) is 19.7 Å². The first-order chi connectivity index (χ1) is 14.5. The molecule has 2 aromatic carbocycles. The molecule has 0 bridgehead atoms. The van der Waals surface area contributed by atoms with Gasteiger partial charge >= 0.3 is 0 Å². The van der Waals surface area contributed by atoms with Crippen molar-refractivity contribution >= 4 is 61.1 Å². The number of ketones is 2. The summed E-state index contributed by atoms with van der Waals surface area (Å²) in [4.78, 5) is 37.3. The van der Waals surface area contributed by atoms with E-state index in [0.29, 0.717) is 11.3 Å². The van der Waals surface area contributed by atoms with Gasteiger partial charge in [0.25, 0.3) is 5.91 Å². The van der Waals surface area contributed by atoms with Crippen LogP contribution >= 0.6 is 27.3 Å². The molecule has 1 heterocycles. The van der Waals surface area contributed by atoms with Gasteiger partial charge in [0.15, 0.2) is 10.8 Å². The van der Waals surface area contributed by atoms with Crippen LogP contribution in [0.2, 0.25) is 0 Å². The van der Waals surface area contributed by atoms with E-state index in [9.17, 15) is 14.4 Å². The van der Waals surface area contributed by atoms with Crippen LogP contribution in [0, 0.1) is 0 Å². The third kappa shape index (κ3) is 4.42. The number of rotatable bonds is 5. The van der Waals surface area contributed by atoms with Gasteiger partial charge in [-0.05, 0) is 36.4 Å². The number of nitrogens with one attached hydrogen (secondary N) is 2. The molecule has 1 aromatic heterocycles. The summed E-state index contributed by atoms with van der Waals surface area (Å²) in [5.74, 6) is -1.05. The summed E-state index contributed by atoms with van der Waals surface area (Å²) in [6.07, 6.45) is 2.47. The van der Waals surface area contributed by atoms with Crippen LogP contribution in [0.3, 0.4) is 0 Å². The van der Waals surface area contributed by atoms with E-state index >= 15 is 0 Å². The van der Waals surface area contributed by atoms with Crippen molar-refractivity contribution in [1.29, 1.82) is 0 Å². The van der Waals surface area contributed by atoms with Crippen molar-refractivity contribution in [3.05, 3.63) is 87.5 Å². The molecule has 0 atom stereocenters. The molecular formula is C21H13BrN4O3S. The predicted octanol–water partition coefficient (Wildman–Crippen LogP) is 4.08. The number of carbonyl (C=O) groups excluding carboxylic acids is 3. The van der Waals surface area contributed by atoms with Gasteiger partial charge in [-0.1, -0.05) is 45.5 Å². The summed E-state index contributed by atoms with van der Waals surface area (Å²) in [5, 5.41) is 13.9. The topological polar surface area (TPSA) is 101 Å². The molecule has 4 rings (SSSR count). The second-order valence-electron chi connectivity index (χ2n) is 6.21. The van der Waals surface area contributed by atoms with Crippen molar-refractivity contribution in [2.45, 2.75) is 0 Å². The van der Waals surface area contributed by atoms with E-state index in [0.717, 1.165) is 15.8 Å². The molecule has 0 unspecified atom stereocenters. The lowest BCUT2D eigenvalue weighted by atomic mass is 10.0. The van der Waals surface area contributed by atoms with E-state index in [4.69, 9.17) is 0 Å². The third-order valence-corrected chi connectivity index (χ3v) is 5.52. The molecule has 7 nitrogen and oxygen atoms in total. The molecule has 9 heteroatoms. The monoisotopic (exact) mass is 480 g/mol. The Morgan fingerprint density at radius 2 is 1.63 bits per heavy atom. The zero-order valence-corrected chi connectivity index (χ0v) is 17.7. The highest BCUT2D eigenvalue weighted by atomic mass is 79.9. The predicted molar refractivity (Wildman–Crippen MR) is 118 cm³/mol. The number of amides is 1. The van der Waals surface area contributed by atoms with Gasteiger partial charge in [-0.2, -0.15) is 0 Å². The maximum atomic E-state index is 12.6. The van der Waals surface area contributed by atoms with Crippen LogP contribution in [0.5, 0.6) is 0 Å². The van der Waals surface area contributed by atoms with Crippen molar-refractivity contribution < 1.29 is 14.4 Å². The normalized spacial score (nSPS) is 13.5. The smallest absolute Gasteiger partial charge is 0.257 e. The summed E-state index contributed by atoms with van der Waals surface area (Å²) in [6, 6.07) is 15.9. The summed E-state index contributed by atoms with van der Waals surface area (Å²) in [6.45, 7) is 0. The number of hydrogen-bond acceptors (Lipinski definition) is 7. The Labute approximate surface area is 183 Å². The number of aromatic nitrogens is 2. The van der Waals surface area contributed by atoms with Crippen LogP contribution < -0.4 is 10.6 Å². The van der Waals surface area contributed by atoms with Crippen LogP contribution in [0.15, 0.2) is 76.9 Å². The average molecular weight is 481 g/mol. The molecule has 0 radical (unpaired) electrons. The number of allylic oxidation sites excluding steroid dienone is 3. The van der Waals surface area contributed by atoms with Crippen molar-refractivity contribution in [2.75, 3.05) is 10.6 Å².